The van der Waals surface area contributed by atoms with Gasteiger partial charge in [0.25, 0.3) is 0 Å². The van der Waals surface area contributed by atoms with Gasteiger partial charge in [-0.3, -0.25) is 0 Å². The molecule has 0 saturated heterocycles. The smallest absolute Gasteiger partial charge is 0.341 e. The van der Waals surface area contributed by atoms with Gasteiger partial charge in [-0.15, -0.1) is 0 Å². The van der Waals surface area contributed by atoms with Crippen molar-refractivity contribution in [2.24, 2.45) is 0 Å². The summed E-state index contributed by atoms with van der Waals surface area (Å²) in [6, 6.07) is 4.19. The molecule has 0 atom stereocenters. The van der Waals surface area contributed by atoms with Crippen LogP contribution in [-0.4, -0.2) is 33.3 Å². The summed E-state index contributed by atoms with van der Waals surface area (Å²) >= 11 is 0. The molecule has 7 heteroatoms. The predicted octanol–water partition coefficient (Wildman–Crippen LogP) is 0.147. The molecule has 0 radical (unpaired) electrons. The van der Waals surface area contributed by atoms with Crippen molar-refractivity contribution in [1.29, 1.82) is 5.26 Å². The Hall–Kier alpha value is -3.01. The summed E-state index contributed by atoms with van der Waals surface area (Å²) in [7, 11) is 3.91. The van der Waals surface area contributed by atoms with Gasteiger partial charge in [-0.1, -0.05) is 0 Å². The molecule has 0 heterocycles. The number of esters is 1. The highest BCUT2D eigenvalue weighted by atomic mass is 16.5. The molecule has 0 aliphatic heterocycles. The summed E-state index contributed by atoms with van der Waals surface area (Å²) in [5.74, 6) is -1.87. The molecule has 0 unspecified atom stereocenters. The number of nitriles is 1. The number of hydrogen-bond donors (Lipinski definition) is 0. The van der Waals surface area contributed by atoms with Crippen molar-refractivity contribution in [3.63, 3.8) is 0 Å². The molecule has 1 rings (SSSR count). The number of rotatable bonds is 5. The maximum atomic E-state index is 11.7. The first kappa shape index (κ1) is 16.0. The van der Waals surface area contributed by atoms with Crippen LogP contribution >= 0.6 is 0 Å². The monoisotopic (exact) mass is 290 g/mol. The number of hydrogen-bond acceptors (Lipinski definition) is 7. The minimum absolute atomic E-state index is 0.0719. The van der Waals surface area contributed by atoms with E-state index in [1.165, 1.54) is 39.5 Å². The molecule has 0 aliphatic carbocycles. The highest BCUT2D eigenvalue weighted by Crippen LogP contribution is 2.31. The first-order chi connectivity index (χ1) is 9.98. The van der Waals surface area contributed by atoms with Gasteiger partial charge in [0.2, 0.25) is 0 Å². The Bertz CT molecular complexity index is 642. The third-order valence-corrected chi connectivity index (χ3v) is 2.60. The van der Waals surface area contributed by atoms with Crippen LogP contribution in [0, 0.1) is 11.3 Å². The molecule has 1 aromatic carbocycles. The standard InChI is InChI=1S/C14H13NO6/c1-19-11-6-12(20-2)10(14(18)21-3)5-8(11)4-9(7-15)13(16)17/h4-6H,1-3H3,(H,16,17)/p-1/b9-4+. The number of nitrogens with zero attached hydrogens (tertiary/aromatic N) is 1. The van der Waals surface area contributed by atoms with Crippen molar-refractivity contribution < 1.29 is 28.9 Å². The molecule has 0 fully saturated rings. The summed E-state index contributed by atoms with van der Waals surface area (Å²) in [6.45, 7) is 0. The van der Waals surface area contributed by atoms with E-state index in [0.29, 0.717) is 0 Å². The maximum absolute atomic E-state index is 11.7. The van der Waals surface area contributed by atoms with E-state index in [1.807, 2.05) is 0 Å². The summed E-state index contributed by atoms with van der Waals surface area (Å²) < 4.78 is 14.7. The van der Waals surface area contributed by atoms with Gasteiger partial charge in [-0.25, -0.2) is 4.79 Å². The number of carbonyl (C=O) groups excluding carboxylic acids is 2. The first-order valence-corrected chi connectivity index (χ1v) is 5.66. The maximum Gasteiger partial charge on any atom is 0.341 e. The zero-order valence-electron chi connectivity index (χ0n) is 11.6. The Morgan fingerprint density at radius 2 is 1.81 bits per heavy atom. The van der Waals surface area contributed by atoms with Gasteiger partial charge >= 0.3 is 5.97 Å². The third-order valence-electron chi connectivity index (χ3n) is 2.60. The van der Waals surface area contributed by atoms with Gasteiger partial charge in [-0.2, -0.15) is 5.26 Å². The number of aliphatic carboxylic acids is 1. The molecule has 7 nitrogen and oxygen atoms in total. The molecule has 110 valence electrons. The largest absolute Gasteiger partial charge is 0.544 e. The second kappa shape index (κ2) is 6.96. The van der Waals surface area contributed by atoms with E-state index in [4.69, 9.17) is 14.7 Å². The Morgan fingerprint density at radius 3 is 2.24 bits per heavy atom. The topological polar surface area (TPSA) is 109 Å². The van der Waals surface area contributed by atoms with Crippen molar-refractivity contribution in [1.82, 2.24) is 0 Å². The summed E-state index contributed by atoms with van der Waals surface area (Å²) in [6.07, 6.45) is 1.04. The van der Waals surface area contributed by atoms with E-state index >= 15 is 0 Å². The van der Waals surface area contributed by atoms with Crippen LogP contribution in [0.1, 0.15) is 15.9 Å². The van der Waals surface area contributed by atoms with Crippen LogP contribution in [0.3, 0.4) is 0 Å². The fraction of sp³-hybridized carbons (Fsp3) is 0.214. The average Bonchev–Trinajstić information content (AvgIpc) is 2.50. The molecule has 0 spiro atoms. The Balaban J connectivity index is 3.54. The normalized spacial score (nSPS) is 10.5. The van der Waals surface area contributed by atoms with Gasteiger partial charge in [-0.05, 0) is 12.1 Å². The highest BCUT2D eigenvalue weighted by molar-refractivity contribution is 5.97. The van der Waals surface area contributed by atoms with E-state index in [9.17, 15) is 14.7 Å². The van der Waals surface area contributed by atoms with E-state index in [2.05, 4.69) is 4.74 Å². The SMILES string of the molecule is COC(=O)c1cc(/C=C(\C#N)C(=O)[O-])c(OC)cc1OC. The zero-order valence-corrected chi connectivity index (χ0v) is 11.6. The molecule has 0 bridgehead atoms. The number of methoxy groups -OCH3 is 3. The second-order valence-electron chi connectivity index (χ2n) is 3.74. The first-order valence-electron chi connectivity index (χ1n) is 5.66. The van der Waals surface area contributed by atoms with Gasteiger partial charge < -0.3 is 24.1 Å². The number of carboxylic acids is 1. The molecule has 21 heavy (non-hydrogen) atoms. The summed E-state index contributed by atoms with van der Waals surface area (Å²) in [4.78, 5) is 22.5. The lowest BCUT2D eigenvalue weighted by atomic mass is 10.1. The molecule has 0 saturated carbocycles. The molecule has 0 N–H and O–H groups in total. The van der Waals surface area contributed by atoms with Gasteiger partial charge in [0, 0.05) is 11.6 Å². The molecule has 0 aromatic heterocycles. The molecule has 1 aromatic rings. The minimum Gasteiger partial charge on any atom is -0.544 e. The van der Waals surface area contributed by atoms with E-state index in [0.717, 1.165) is 6.08 Å². The minimum atomic E-state index is -1.63. The zero-order chi connectivity index (χ0) is 16.0. The van der Waals surface area contributed by atoms with Crippen molar-refractivity contribution in [3.8, 4) is 17.6 Å². The van der Waals surface area contributed by atoms with Crippen LogP contribution in [0.25, 0.3) is 6.08 Å². The van der Waals surface area contributed by atoms with E-state index in [-0.39, 0.29) is 22.6 Å². The molecular weight excluding hydrogens is 278 g/mol. The van der Waals surface area contributed by atoms with Crippen molar-refractivity contribution in [2.75, 3.05) is 21.3 Å². The molecule has 0 amide bonds. The van der Waals surface area contributed by atoms with Gasteiger partial charge in [0.15, 0.2) is 0 Å². The number of ether oxygens (including phenoxy) is 3. The van der Waals surface area contributed by atoms with Crippen LogP contribution in [-0.2, 0) is 9.53 Å². The van der Waals surface area contributed by atoms with Crippen LogP contribution in [0.2, 0.25) is 0 Å². The lowest BCUT2D eigenvalue weighted by Gasteiger charge is -2.12. The van der Waals surface area contributed by atoms with Gasteiger partial charge in [0.1, 0.15) is 23.1 Å². The van der Waals surface area contributed by atoms with Crippen LogP contribution < -0.4 is 14.6 Å². The van der Waals surface area contributed by atoms with Crippen molar-refractivity contribution in [3.05, 3.63) is 28.8 Å². The van der Waals surface area contributed by atoms with Crippen LogP contribution in [0.15, 0.2) is 17.7 Å². The fourth-order valence-electron chi connectivity index (χ4n) is 1.60. The van der Waals surface area contributed by atoms with Crippen LogP contribution in [0.4, 0.5) is 0 Å². The van der Waals surface area contributed by atoms with Crippen molar-refractivity contribution >= 4 is 18.0 Å². The molecular formula is C14H12NO6-. The number of carboxylic acid groups (broad SMARTS) is 1. The fourth-order valence-corrected chi connectivity index (χ4v) is 1.60. The quantitative estimate of drug-likeness (QED) is 0.431. The van der Waals surface area contributed by atoms with Gasteiger partial charge in [0.05, 0.1) is 32.9 Å². The van der Waals surface area contributed by atoms with Crippen LogP contribution in [0.5, 0.6) is 11.5 Å². The Morgan fingerprint density at radius 1 is 1.19 bits per heavy atom. The summed E-state index contributed by atoms with van der Waals surface area (Å²) in [5.41, 5.74) is -0.323. The van der Waals surface area contributed by atoms with E-state index in [1.54, 1.807) is 0 Å². The summed E-state index contributed by atoms with van der Waals surface area (Å²) in [5, 5.41) is 19.5. The van der Waals surface area contributed by atoms with E-state index < -0.39 is 17.5 Å². The number of carbonyl (C=O) groups is 2. The lowest BCUT2D eigenvalue weighted by Crippen LogP contribution is -2.23. The Labute approximate surface area is 121 Å². The number of benzene rings is 1. The average molecular weight is 290 g/mol. The highest BCUT2D eigenvalue weighted by Gasteiger charge is 2.17. The Kier molecular flexibility index (Phi) is 5.31. The third kappa shape index (κ3) is 3.51. The predicted molar refractivity (Wildman–Crippen MR) is 69.5 cm³/mol. The van der Waals surface area contributed by atoms with Crippen molar-refractivity contribution in [2.45, 2.75) is 0 Å². The second-order valence-corrected chi connectivity index (χ2v) is 3.74. The molecule has 0 aliphatic rings. The lowest BCUT2D eigenvalue weighted by molar-refractivity contribution is -0.298.